The van der Waals surface area contributed by atoms with E-state index in [1.54, 1.807) is 16.8 Å². The fourth-order valence-corrected chi connectivity index (χ4v) is 11.6. The van der Waals surface area contributed by atoms with E-state index in [1.165, 1.54) is 0 Å². The van der Waals surface area contributed by atoms with Crippen molar-refractivity contribution in [3.63, 3.8) is 0 Å². The monoisotopic (exact) mass is 963 g/mol. The first-order valence-corrected chi connectivity index (χ1v) is 25.0. The Bertz CT molecular complexity index is 2870. The van der Waals surface area contributed by atoms with Crippen molar-refractivity contribution in [3.8, 4) is 0 Å². The summed E-state index contributed by atoms with van der Waals surface area (Å²) in [6.45, 7) is 19.4. The molecule has 11 rings (SSSR count). The van der Waals surface area contributed by atoms with E-state index in [0.717, 1.165) is 142 Å². The van der Waals surface area contributed by atoms with Gasteiger partial charge in [0.25, 0.3) is 17.7 Å². The molecule has 2 N–H and O–H groups in total. The second-order valence-electron chi connectivity index (χ2n) is 20.4. The molecular formula is C51H61N15O5. The van der Waals surface area contributed by atoms with Gasteiger partial charge in [0.05, 0.1) is 34.5 Å². The van der Waals surface area contributed by atoms with E-state index < -0.39 is 29.3 Å². The second kappa shape index (κ2) is 18.7. The normalized spacial score (nSPS) is 22.2. The van der Waals surface area contributed by atoms with E-state index in [0.29, 0.717) is 40.8 Å². The van der Waals surface area contributed by atoms with Gasteiger partial charge >= 0.3 is 0 Å². The van der Waals surface area contributed by atoms with Crippen molar-refractivity contribution in [2.45, 2.75) is 64.6 Å². The third-order valence-electron chi connectivity index (χ3n) is 15.8. The number of hydrogen-bond acceptors (Lipinski definition) is 16. The molecule has 1 atom stereocenters. The maximum absolute atomic E-state index is 13.9. The fraction of sp³-hybridized carbons (Fsp3) is 0.490. The lowest BCUT2D eigenvalue weighted by Crippen LogP contribution is -2.54. The quantitative estimate of drug-likeness (QED) is 0.208. The Balaban J connectivity index is 0.616. The first-order valence-electron chi connectivity index (χ1n) is 25.0. The number of imide groups is 2. The van der Waals surface area contributed by atoms with Crippen LogP contribution in [0.1, 0.15) is 83.9 Å². The Morgan fingerprint density at radius 3 is 2.25 bits per heavy atom. The number of piperazine rings is 2. The predicted octanol–water partition coefficient (Wildman–Crippen LogP) is 2.57. The first-order chi connectivity index (χ1) is 34.3. The maximum atomic E-state index is 13.9. The molecule has 4 saturated heterocycles. The number of carbonyl (C=O) groups is 5. The molecule has 1 unspecified atom stereocenters. The topological polar surface area (TPSA) is 201 Å². The highest BCUT2D eigenvalue weighted by atomic mass is 16.2. The molecule has 2 aromatic heterocycles. The third kappa shape index (κ3) is 8.75. The summed E-state index contributed by atoms with van der Waals surface area (Å²) in [5, 5.41) is 17.6. The number of carbonyl (C=O) groups excluding carboxylic acids is 5. The average molecular weight is 964 g/mol. The highest BCUT2D eigenvalue weighted by Gasteiger charge is 2.45. The van der Waals surface area contributed by atoms with Crippen molar-refractivity contribution in [1.82, 2.24) is 50.1 Å². The number of pyridine rings is 1. The molecule has 7 aliphatic heterocycles. The van der Waals surface area contributed by atoms with Crippen molar-refractivity contribution < 1.29 is 24.0 Å². The number of benzene rings is 2. The molecule has 7 aliphatic rings. The lowest BCUT2D eigenvalue weighted by Gasteiger charge is -2.40. The summed E-state index contributed by atoms with van der Waals surface area (Å²) in [5.74, 6) is 0.0320. The number of aromatic nitrogens is 5. The second-order valence-corrected chi connectivity index (χ2v) is 20.4. The van der Waals surface area contributed by atoms with Crippen molar-refractivity contribution in [2.75, 3.05) is 112 Å². The van der Waals surface area contributed by atoms with Gasteiger partial charge in [0.2, 0.25) is 17.8 Å². The van der Waals surface area contributed by atoms with Gasteiger partial charge in [0, 0.05) is 133 Å². The molecular weight excluding hydrogens is 903 g/mol. The van der Waals surface area contributed by atoms with E-state index in [4.69, 9.17) is 9.98 Å². The Labute approximate surface area is 412 Å². The lowest BCUT2D eigenvalue weighted by atomic mass is 9.89. The maximum Gasteiger partial charge on any atom is 0.262 e. The van der Waals surface area contributed by atoms with Crippen LogP contribution in [0.5, 0.6) is 0 Å². The van der Waals surface area contributed by atoms with Gasteiger partial charge in [-0.25, -0.2) is 9.67 Å². The predicted molar refractivity (Wildman–Crippen MR) is 266 cm³/mol. The lowest BCUT2D eigenvalue weighted by molar-refractivity contribution is -0.136. The Hall–Kier alpha value is -6.90. The number of tetrazole rings is 1. The number of aliphatic imine (C=N–C) groups is 1. The number of piperidine rings is 2. The number of hydrogen-bond donors (Lipinski definition) is 2. The minimum Gasteiger partial charge on any atom is -0.371 e. The molecule has 4 aromatic rings. The minimum absolute atomic E-state index is 0.101. The van der Waals surface area contributed by atoms with Gasteiger partial charge in [-0.05, 0) is 104 Å². The number of anilines is 4. The van der Waals surface area contributed by atoms with Crippen LogP contribution in [0.25, 0.3) is 0 Å². The molecule has 0 aliphatic carbocycles. The van der Waals surface area contributed by atoms with Crippen LogP contribution in [0.3, 0.4) is 0 Å². The number of nitrogens with zero attached hydrogens (tertiary/aromatic N) is 13. The Morgan fingerprint density at radius 2 is 1.51 bits per heavy atom. The zero-order chi connectivity index (χ0) is 49.1. The number of allylic oxidation sites excluding steroid dienone is 1. The first kappa shape index (κ1) is 46.5. The van der Waals surface area contributed by atoms with Gasteiger partial charge < -0.3 is 24.9 Å². The summed E-state index contributed by atoms with van der Waals surface area (Å²) >= 11 is 0. The number of nitrogens with one attached hydrogen (secondary N) is 2. The summed E-state index contributed by atoms with van der Waals surface area (Å²) in [7, 11) is 1.86. The molecule has 20 nitrogen and oxygen atoms in total. The van der Waals surface area contributed by atoms with E-state index in [9.17, 15) is 24.0 Å². The van der Waals surface area contributed by atoms with Crippen LogP contribution in [0, 0.1) is 5.92 Å². The highest BCUT2D eigenvalue weighted by Crippen LogP contribution is 2.38. The SMILES string of the molecule is CC1=C(C(=O)Nc2ccc3c(c2)C(c2ccnc(N4CCN(CCN5CCN(CC6CCN(c7ccc8c(c7)C(=O)N(C7CCC(=O)NC7=O)C8=O)CC6)CC5)CC4)c2)=NC3)C(C)(C)n2nnnc2N1C. The van der Waals surface area contributed by atoms with E-state index in [-0.39, 0.29) is 24.7 Å². The number of fused-ring (bicyclic) bond motifs is 3. The van der Waals surface area contributed by atoms with Crippen LogP contribution < -0.4 is 25.3 Å². The average Bonchev–Trinajstić information content (AvgIpc) is 4.11. The summed E-state index contributed by atoms with van der Waals surface area (Å²) < 4.78 is 1.68. The van der Waals surface area contributed by atoms with Gasteiger partial charge in [-0.3, -0.25) is 49.0 Å². The summed E-state index contributed by atoms with van der Waals surface area (Å²) in [5.41, 5.74) is 6.96. The third-order valence-corrected chi connectivity index (χ3v) is 15.8. The van der Waals surface area contributed by atoms with Crippen molar-refractivity contribution >= 4 is 58.4 Å². The Kier molecular flexibility index (Phi) is 12.2. The fourth-order valence-electron chi connectivity index (χ4n) is 11.6. The number of amides is 5. The molecule has 71 heavy (non-hydrogen) atoms. The zero-order valence-corrected chi connectivity index (χ0v) is 40.9. The molecule has 20 heteroatoms. The van der Waals surface area contributed by atoms with Crippen LogP contribution in [0.15, 0.2) is 71.0 Å². The molecule has 5 amide bonds. The van der Waals surface area contributed by atoms with Crippen molar-refractivity contribution in [2.24, 2.45) is 10.9 Å². The number of rotatable bonds is 11. The summed E-state index contributed by atoms with van der Waals surface area (Å²) in [4.78, 5) is 89.8. The van der Waals surface area contributed by atoms with Gasteiger partial charge in [-0.2, -0.15) is 0 Å². The minimum atomic E-state index is -0.962. The molecule has 2 aromatic carbocycles. The molecule has 0 spiro atoms. The van der Waals surface area contributed by atoms with E-state index in [1.807, 2.05) is 69.2 Å². The van der Waals surface area contributed by atoms with Gasteiger partial charge in [0.15, 0.2) is 0 Å². The standard InChI is InChI=1S/C51H61N15O5/c1-32-44(51(2,3)66-50(59(32)4)56-57-58-66)47(69)54-36-6-5-35-30-53-45(39(35)28-36)34-11-14-52-42(27-34)64-25-23-61(24-26-64)18-17-60-19-21-62(22-20-60)31-33-12-15-63(16-13-33)37-7-8-38-40(29-37)49(71)65(48(38)70)41-9-10-43(67)55-46(41)68/h5-8,11,14,27-29,33,41H,9-10,12-13,15-26,30-31H2,1-4H3,(H,54,69)(H,55,67,68). The van der Waals surface area contributed by atoms with Crippen LogP contribution in [0.2, 0.25) is 0 Å². The van der Waals surface area contributed by atoms with Crippen molar-refractivity contribution in [1.29, 1.82) is 0 Å². The summed E-state index contributed by atoms with van der Waals surface area (Å²) in [6.07, 6.45) is 4.25. The highest BCUT2D eigenvalue weighted by molar-refractivity contribution is 6.24. The van der Waals surface area contributed by atoms with Gasteiger partial charge in [0.1, 0.15) is 11.9 Å². The van der Waals surface area contributed by atoms with Crippen LogP contribution in [-0.4, -0.2) is 178 Å². The smallest absolute Gasteiger partial charge is 0.262 e. The van der Waals surface area contributed by atoms with Crippen LogP contribution in [0.4, 0.5) is 23.1 Å². The van der Waals surface area contributed by atoms with Crippen LogP contribution >= 0.6 is 0 Å². The van der Waals surface area contributed by atoms with E-state index >= 15 is 0 Å². The molecule has 370 valence electrons. The molecule has 9 heterocycles. The zero-order valence-electron chi connectivity index (χ0n) is 40.9. The van der Waals surface area contributed by atoms with Gasteiger partial charge in [-0.1, -0.05) is 11.2 Å². The Morgan fingerprint density at radius 1 is 0.789 bits per heavy atom. The van der Waals surface area contributed by atoms with E-state index in [2.05, 4.69) is 56.7 Å². The molecule has 0 bridgehead atoms. The largest absolute Gasteiger partial charge is 0.371 e. The molecule has 0 radical (unpaired) electrons. The van der Waals surface area contributed by atoms with Gasteiger partial charge in [-0.15, -0.1) is 0 Å². The summed E-state index contributed by atoms with van der Waals surface area (Å²) in [6, 6.07) is 14.6. The van der Waals surface area contributed by atoms with Crippen molar-refractivity contribution in [3.05, 3.63) is 93.8 Å². The molecule has 0 saturated carbocycles. The van der Waals surface area contributed by atoms with Crippen LogP contribution in [-0.2, 0) is 26.5 Å². The molecule has 4 fully saturated rings.